The number of amides is 1. The van der Waals surface area contributed by atoms with Gasteiger partial charge in [0.1, 0.15) is 17.8 Å². The van der Waals surface area contributed by atoms with Crippen LogP contribution in [0, 0.1) is 0 Å². The lowest BCUT2D eigenvalue weighted by Crippen LogP contribution is -2.36. The molecule has 2 N–H and O–H groups in total. The summed E-state index contributed by atoms with van der Waals surface area (Å²) in [7, 11) is 4.04. The van der Waals surface area contributed by atoms with E-state index in [1.807, 2.05) is 14.1 Å². The Balaban J connectivity index is 1.88. The van der Waals surface area contributed by atoms with Gasteiger partial charge in [0, 0.05) is 25.2 Å². The van der Waals surface area contributed by atoms with Crippen molar-refractivity contribution in [2.45, 2.75) is 38.1 Å². The SMILES string of the molecule is CN(C)CCNc1cc(C(=O)NC2CCCCC2)ncn1. The summed E-state index contributed by atoms with van der Waals surface area (Å²) < 4.78 is 0. The Bertz CT molecular complexity index is 457. The number of carbonyl (C=O) groups excluding carboxylic acids is 1. The molecule has 6 heteroatoms. The number of hydrogen-bond donors (Lipinski definition) is 2. The van der Waals surface area contributed by atoms with Gasteiger partial charge in [-0.2, -0.15) is 0 Å². The predicted octanol–water partition coefficient (Wildman–Crippen LogP) is 1.51. The van der Waals surface area contributed by atoms with Crippen LogP contribution < -0.4 is 10.6 Å². The third kappa shape index (κ3) is 5.30. The van der Waals surface area contributed by atoms with E-state index in [4.69, 9.17) is 0 Å². The van der Waals surface area contributed by atoms with Crippen molar-refractivity contribution < 1.29 is 4.79 Å². The van der Waals surface area contributed by atoms with E-state index in [0.717, 1.165) is 25.9 Å². The van der Waals surface area contributed by atoms with Gasteiger partial charge in [-0.05, 0) is 26.9 Å². The molecule has 0 unspecified atom stereocenters. The molecule has 1 fully saturated rings. The topological polar surface area (TPSA) is 70.2 Å². The molecule has 1 amide bonds. The highest BCUT2D eigenvalue weighted by atomic mass is 16.1. The van der Waals surface area contributed by atoms with E-state index in [0.29, 0.717) is 17.6 Å². The molecule has 0 atom stereocenters. The van der Waals surface area contributed by atoms with Crippen molar-refractivity contribution in [2.75, 3.05) is 32.5 Å². The number of nitrogens with one attached hydrogen (secondary N) is 2. The number of aromatic nitrogens is 2. The third-order valence-corrected chi connectivity index (χ3v) is 3.71. The summed E-state index contributed by atoms with van der Waals surface area (Å²) in [5.41, 5.74) is 0.433. The van der Waals surface area contributed by atoms with E-state index >= 15 is 0 Å². The molecule has 1 aliphatic carbocycles. The zero-order valence-corrected chi connectivity index (χ0v) is 12.9. The number of hydrogen-bond acceptors (Lipinski definition) is 5. The summed E-state index contributed by atoms with van der Waals surface area (Å²) in [5, 5.41) is 6.27. The fourth-order valence-electron chi connectivity index (χ4n) is 2.49. The zero-order chi connectivity index (χ0) is 15.1. The maximum atomic E-state index is 12.2. The minimum atomic E-state index is -0.0973. The average molecular weight is 291 g/mol. The fourth-order valence-corrected chi connectivity index (χ4v) is 2.49. The summed E-state index contributed by atoms with van der Waals surface area (Å²) >= 11 is 0. The summed E-state index contributed by atoms with van der Waals surface area (Å²) in [4.78, 5) is 22.5. The second-order valence-corrected chi connectivity index (χ2v) is 5.83. The summed E-state index contributed by atoms with van der Waals surface area (Å²) in [5.74, 6) is 0.598. The lowest BCUT2D eigenvalue weighted by Gasteiger charge is -2.22. The van der Waals surface area contributed by atoms with Crippen LogP contribution in [0.3, 0.4) is 0 Å². The van der Waals surface area contributed by atoms with E-state index < -0.39 is 0 Å². The third-order valence-electron chi connectivity index (χ3n) is 3.71. The van der Waals surface area contributed by atoms with Crippen molar-refractivity contribution in [3.05, 3.63) is 18.1 Å². The van der Waals surface area contributed by atoms with E-state index in [1.165, 1.54) is 25.6 Å². The largest absolute Gasteiger partial charge is 0.369 e. The molecule has 0 bridgehead atoms. The van der Waals surface area contributed by atoms with Crippen molar-refractivity contribution in [3.8, 4) is 0 Å². The Kier molecular flexibility index (Phi) is 5.92. The lowest BCUT2D eigenvalue weighted by atomic mass is 9.95. The van der Waals surface area contributed by atoms with Gasteiger partial charge < -0.3 is 15.5 Å². The molecule has 6 nitrogen and oxygen atoms in total. The molecule has 1 aromatic rings. The van der Waals surface area contributed by atoms with E-state index in [1.54, 1.807) is 6.07 Å². The van der Waals surface area contributed by atoms with Crippen LogP contribution in [0.1, 0.15) is 42.6 Å². The highest BCUT2D eigenvalue weighted by Crippen LogP contribution is 2.17. The number of rotatable bonds is 6. The Morgan fingerprint density at radius 1 is 1.29 bits per heavy atom. The van der Waals surface area contributed by atoms with Gasteiger partial charge in [-0.3, -0.25) is 4.79 Å². The van der Waals surface area contributed by atoms with Gasteiger partial charge >= 0.3 is 0 Å². The molecule has 1 aromatic heterocycles. The van der Waals surface area contributed by atoms with Crippen molar-refractivity contribution in [2.24, 2.45) is 0 Å². The van der Waals surface area contributed by atoms with Gasteiger partial charge in [-0.25, -0.2) is 9.97 Å². The van der Waals surface area contributed by atoms with Crippen LogP contribution in [-0.4, -0.2) is 54.0 Å². The first-order valence-corrected chi connectivity index (χ1v) is 7.66. The average Bonchev–Trinajstić information content (AvgIpc) is 2.48. The highest BCUT2D eigenvalue weighted by molar-refractivity contribution is 5.93. The molecule has 0 spiro atoms. The molecule has 1 heterocycles. The second kappa shape index (κ2) is 7.93. The first-order valence-electron chi connectivity index (χ1n) is 7.66. The molecule has 116 valence electrons. The molecular weight excluding hydrogens is 266 g/mol. The van der Waals surface area contributed by atoms with Crippen molar-refractivity contribution >= 4 is 11.7 Å². The minimum absolute atomic E-state index is 0.0973. The predicted molar refractivity (Wildman–Crippen MR) is 83.4 cm³/mol. The lowest BCUT2D eigenvalue weighted by molar-refractivity contribution is 0.0922. The molecule has 21 heavy (non-hydrogen) atoms. The molecule has 0 saturated heterocycles. The molecule has 0 radical (unpaired) electrons. The zero-order valence-electron chi connectivity index (χ0n) is 12.9. The Labute approximate surface area is 126 Å². The van der Waals surface area contributed by atoms with Crippen molar-refractivity contribution in [1.82, 2.24) is 20.2 Å². The monoisotopic (exact) mass is 291 g/mol. The van der Waals surface area contributed by atoms with Gasteiger partial charge in [0.15, 0.2) is 0 Å². The Hall–Kier alpha value is -1.69. The number of likely N-dealkylation sites (N-methyl/N-ethyl adjacent to an activating group) is 1. The quantitative estimate of drug-likeness (QED) is 0.831. The molecule has 0 aliphatic heterocycles. The van der Waals surface area contributed by atoms with Crippen LogP contribution >= 0.6 is 0 Å². The van der Waals surface area contributed by atoms with E-state index in [2.05, 4.69) is 25.5 Å². The number of anilines is 1. The van der Waals surface area contributed by atoms with E-state index in [-0.39, 0.29) is 5.91 Å². The first kappa shape index (κ1) is 15.7. The normalized spacial score (nSPS) is 16.0. The maximum Gasteiger partial charge on any atom is 0.270 e. The highest BCUT2D eigenvalue weighted by Gasteiger charge is 2.17. The molecule has 2 rings (SSSR count). The Morgan fingerprint density at radius 3 is 2.76 bits per heavy atom. The van der Waals surface area contributed by atoms with Gasteiger partial charge in [0.05, 0.1) is 0 Å². The molecular formula is C15H25N5O. The van der Waals surface area contributed by atoms with Crippen LogP contribution in [0.2, 0.25) is 0 Å². The molecule has 0 aromatic carbocycles. The minimum Gasteiger partial charge on any atom is -0.369 e. The van der Waals surface area contributed by atoms with E-state index in [9.17, 15) is 4.79 Å². The summed E-state index contributed by atoms with van der Waals surface area (Å²) in [6, 6.07) is 2.01. The van der Waals surface area contributed by atoms with Crippen LogP contribution in [0.15, 0.2) is 12.4 Å². The standard InChI is InChI=1S/C15H25N5O/c1-20(2)9-8-16-14-10-13(17-11-18-14)15(21)19-12-6-4-3-5-7-12/h10-12H,3-9H2,1-2H3,(H,19,21)(H,16,17,18). The maximum absolute atomic E-state index is 12.2. The summed E-state index contributed by atoms with van der Waals surface area (Å²) in [6.07, 6.45) is 7.27. The number of carbonyl (C=O) groups is 1. The van der Waals surface area contributed by atoms with Crippen LogP contribution in [0.5, 0.6) is 0 Å². The van der Waals surface area contributed by atoms with Gasteiger partial charge in [-0.1, -0.05) is 19.3 Å². The summed E-state index contributed by atoms with van der Waals surface area (Å²) in [6.45, 7) is 1.70. The van der Waals surface area contributed by atoms with Crippen molar-refractivity contribution in [3.63, 3.8) is 0 Å². The van der Waals surface area contributed by atoms with Crippen molar-refractivity contribution in [1.29, 1.82) is 0 Å². The fraction of sp³-hybridized carbons (Fsp3) is 0.667. The van der Waals surface area contributed by atoms with Crippen LogP contribution in [0.4, 0.5) is 5.82 Å². The number of nitrogens with zero attached hydrogens (tertiary/aromatic N) is 3. The van der Waals surface area contributed by atoms with Crippen LogP contribution in [0.25, 0.3) is 0 Å². The van der Waals surface area contributed by atoms with Gasteiger partial charge in [0.25, 0.3) is 5.91 Å². The smallest absolute Gasteiger partial charge is 0.270 e. The second-order valence-electron chi connectivity index (χ2n) is 5.83. The Morgan fingerprint density at radius 2 is 2.05 bits per heavy atom. The van der Waals surface area contributed by atoms with Gasteiger partial charge in [-0.15, -0.1) is 0 Å². The van der Waals surface area contributed by atoms with Crippen LogP contribution in [-0.2, 0) is 0 Å². The first-order chi connectivity index (χ1) is 10.1. The van der Waals surface area contributed by atoms with Gasteiger partial charge in [0.2, 0.25) is 0 Å². The molecule has 1 aliphatic rings. The molecule has 1 saturated carbocycles.